The molecule has 41 heavy (non-hydrogen) atoms. The third-order valence-electron chi connectivity index (χ3n) is 6.93. The minimum Gasteiger partial charge on any atom is -0.465 e. The third-order valence-corrected chi connectivity index (χ3v) is 6.93. The number of amides is 1. The molecule has 3 N–H and O–H groups in total. The van der Waals surface area contributed by atoms with Gasteiger partial charge in [0.15, 0.2) is 0 Å². The first-order valence-corrected chi connectivity index (χ1v) is 13.5. The lowest BCUT2D eigenvalue weighted by Gasteiger charge is -2.44. The van der Waals surface area contributed by atoms with Gasteiger partial charge in [0.05, 0.1) is 36.0 Å². The van der Waals surface area contributed by atoms with Gasteiger partial charge in [-0.3, -0.25) is 9.58 Å². The molecule has 1 aromatic carbocycles. The molecule has 8 nitrogen and oxygen atoms in total. The van der Waals surface area contributed by atoms with Gasteiger partial charge in [-0.25, -0.2) is 9.78 Å². The second-order valence-corrected chi connectivity index (χ2v) is 11.1. The van der Waals surface area contributed by atoms with Gasteiger partial charge in [0.1, 0.15) is 5.82 Å². The highest BCUT2D eigenvalue weighted by Gasteiger charge is 2.40. The van der Waals surface area contributed by atoms with Crippen LogP contribution < -0.4 is 5.32 Å². The zero-order valence-electron chi connectivity index (χ0n) is 23.6. The molecular weight excluding hydrogens is 542 g/mol. The second kappa shape index (κ2) is 13.3. The molecule has 0 aliphatic heterocycles. The third kappa shape index (κ3) is 8.66. The highest BCUT2D eigenvalue weighted by molar-refractivity contribution is 5.66. The molecule has 3 atom stereocenters. The second-order valence-electron chi connectivity index (χ2n) is 11.1. The van der Waals surface area contributed by atoms with Crippen molar-refractivity contribution in [2.24, 2.45) is 5.41 Å². The fourth-order valence-corrected chi connectivity index (χ4v) is 4.69. The highest BCUT2D eigenvalue weighted by Crippen LogP contribution is 2.32. The van der Waals surface area contributed by atoms with E-state index >= 15 is 0 Å². The molecule has 0 radical (unpaired) electrons. The maximum Gasteiger partial charge on any atom is 0.416 e. The van der Waals surface area contributed by atoms with Crippen LogP contribution in [0.3, 0.4) is 0 Å². The molecule has 2 heterocycles. The molecule has 0 saturated carbocycles. The lowest BCUT2D eigenvalue weighted by molar-refractivity contribution is -0.137. The number of rotatable bonds is 12. The SMILES string of the molecule is CCCC[C@@H]([C@@H](O)CNc1cccc(F)n1)N(C(=O)O)C(Cn1ccc(-c2ccc(C(F)(F)F)cc2)n1)C(C)(C)C. The number of aromatic nitrogens is 3. The Bertz CT molecular complexity index is 1270. The van der Waals surface area contributed by atoms with Crippen LogP contribution in [0.15, 0.2) is 54.7 Å². The minimum atomic E-state index is -4.44. The van der Waals surface area contributed by atoms with Crippen LogP contribution >= 0.6 is 0 Å². The number of carboxylic acid groups (broad SMARTS) is 1. The van der Waals surface area contributed by atoms with Gasteiger partial charge in [-0.2, -0.15) is 22.7 Å². The molecule has 0 saturated heterocycles. The van der Waals surface area contributed by atoms with E-state index in [4.69, 9.17) is 0 Å². The maximum absolute atomic E-state index is 13.5. The van der Waals surface area contributed by atoms with Crippen molar-refractivity contribution in [1.82, 2.24) is 19.7 Å². The fraction of sp³-hybridized carbons (Fsp3) is 0.483. The molecule has 2 aromatic heterocycles. The molecule has 0 spiro atoms. The number of benzene rings is 1. The average molecular weight is 580 g/mol. The van der Waals surface area contributed by atoms with Gasteiger partial charge in [0, 0.05) is 18.3 Å². The number of aliphatic hydroxyl groups excluding tert-OH is 1. The Kier molecular flexibility index (Phi) is 10.4. The molecule has 0 bridgehead atoms. The average Bonchev–Trinajstić information content (AvgIpc) is 3.36. The van der Waals surface area contributed by atoms with Crippen molar-refractivity contribution in [3.63, 3.8) is 0 Å². The molecule has 1 unspecified atom stereocenters. The Labute approximate surface area is 237 Å². The van der Waals surface area contributed by atoms with Crippen molar-refractivity contribution in [2.75, 3.05) is 11.9 Å². The molecule has 0 aliphatic rings. The number of aliphatic hydroxyl groups is 1. The Balaban J connectivity index is 1.87. The molecule has 3 rings (SSSR count). The topological polar surface area (TPSA) is 104 Å². The summed E-state index contributed by atoms with van der Waals surface area (Å²) < 4.78 is 54.0. The van der Waals surface area contributed by atoms with Crippen molar-refractivity contribution in [3.8, 4) is 11.3 Å². The first kappa shape index (κ1) is 31.9. The number of nitrogens with one attached hydrogen (secondary N) is 1. The van der Waals surface area contributed by atoms with Gasteiger partial charge in [-0.15, -0.1) is 0 Å². The Morgan fingerprint density at radius 2 is 1.78 bits per heavy atom. The largest absolute Gasteiger partial charge is 0.465 e. The summed E-state index contributed by atoms with van der Waals surface area (Å²) in [5.41, 5.74) is -0.402. The fourth-order valence-electron chi connectivity index (χ4n) is 4.69. The number of unbranched alkanes of at least 4 members (excludes halogenated alkanes) is 1. The van der Waals surface area contributed by atoms with E-state index in [1.165, 1.54) is 29.2 Å². The number of anilines is 1. The zero-order chi connectivity index (χ0) is 30.4. The highest BCUT2D eigenvalue weighted by atomic mass is 19.4. The summed E-state index contributed by atoms with van der Waals surface area (Å²) >= 11 is 0. The molecule has 0 aliphatic carbocycles. The molecule has 0 fully saturated rings. The van der Waals surface area contributed by atoms with Gasteiger partial charge in [-0.05, 0) is 42.2 Å². The molecular formula is C29H37F4N5O3. The van der Waals surface area contributed by atoms with Crippen LogP contribution in [-0.4, -0.2) is 60.7 Å². The normalized spacial score (nSPS) is 14.4. The first-order chi connectivity index (χ1) is 19.2. The minimum absolute atomic E-state index is 0.0503. The quantitative estimate of drug-likeness (QED) is 0.167. The van der Waals surface area contributed by atoms with Crippen LogP contribution in [0.25, 0.3) is 11.3 Å². The van der Waals surface area contributed by atoms with E-state index in [2.05, 4.69) is 15.4 Å². The zero-order valence-corrected chi connectivity index (χ0v) is 23.6. The van der Waals surface area contributed by atoms with Crippen LogP contribution in [-0.2, 0) is 12.7 Å². The monoisotopic (exact) mass is 579 g/mol. The van der Waals surface area contributed by atoms with Crippen LogP contribution in [0.4, 0.5) is 28.2 Å². The number of hydrogen-bond donors (Lipinski definition) is 3. The Morgan fingerprint density at radius 3 is 2.34 bits per heavy atom. The van der Waals surface area contributed by atoms with Crippen LogP contribution in [0.5, 0.6) is 0 Å². The van der Waals surface area contributed by atoms with E-state index in [1.54, 1.807) is 23.0 Å². The molecule has 3 aromatic rings. The summed E-state index contributed by atoms with van der Waals surface area (Å²) in [6, 6.07) is 9.14. The van der Waals surface area contributed by atoms with Gasteiger partial charge >= 0.3 is 12.3 Å². The van der Waals surface area contributed by atoms with Crippen LogP contribution in [0, 0.1) is 11.4 Å². The van der Waals surface area contributed by atoms with Crippen LogP contribution in [0.2, 0.25) is 0 Å². The van der Waals surface area contributed by atoms with Crippen molar-refractivity contribution in [2.45, 2.75) is 77.9 Å². The summed E-state index contributed by atoms with van der Waals surface area (Å²) in [5, 5.41) is 29.0. The first-order valence-electron chi connectivity index (χ1n) is 13.5. The van der Waals surface area contributed by atoms with Crippen LogP contribution in [0.1, 0.15) is 52.5 Å². The van der Waals surface area contributed by atoms with E-state index < -0.39 is 47.4 Å². The van der Waals surface area contributed by atoms with Gasteiger partial charge < -0.3 is 15.5 Å². The lowest BCUT2D eigenvalue weighted by atomic mass is 9.84. The summed E-state index contributed by atoms with van der Waals surface area (Å²) in [6.45, 7) is 7.75. The van der Waals surface area contributed by atoms with Crippen molar-refractivity contribution in [3.05, 3.63) is 66.2 Å². The number of pyridine rings is 1. The van der Waals surface area contributed by atoms with E-state index in [1.807, 2.05) is 27.7 Å². The standard InChI is InChI=1S/C29H37F4N5O3/c1-5-6-8-22(23(39)17-34-26-10-7-9-25(30)35-26)38(27(40)41)24(28(2,3)4)18-37-16-15-21(36-37)19-11-13-20(14-12-19)29(31,32)33/h7,9-16,22-24,39H,5-6,8,17-18H2,1-4H3,(H,34,35)(H,40,41)/t22-,23-,24?/m0/s1. The number of hydrogen-bond acceptors (Lipinski definition) is 5. The van der Waals surface area contributed by atoms with E-state index in [-0.39, 0.29) is 18.9 Å². The Hall–Kier alpha value is -3.67. The smallest absolute Gasteiger partial charge is 0.416 e. The van der Waals surface area contributed by atoms with E-state index in [0.29, 0.717) is 24.1 Å². The van der Waals surface area contributed by atoms with Crippen molar-refractivity contribution in [1.29, 1.82) is 0 Å². The van der Waals surface area contributed by atoms with Gasteiger partial charge in [0.25, 0.3) is 0 Å². The van der Waals surface area contributed by atoms with Crippen molar-refractivity contribution < 1.29 is 32.6 Å². The predicted octanol–water partition coefficient (Wildman–Crippen LogP) is 6.53. The summed E-state index contributed by atoms with van der Waals surface area (Å²) in [4.78, 5) is 17.8. The van der Waals surface area contributed by atoms with Crippen molar-refractivity contribution >= 4 is 11.9 Å². The molecule has 12 heteroatoms. The number of halogens is 4. The predicted molar refractivity (Wildman–Crippen MR) is 148 cm³/mol. The number of nitrogens with zero attached hydrogens (tertiary/aromatic N) is 4. The van der Waals surface area contributed by atoms with Gasteiger partial charge in [-0.1, -0.05) is 58.7 Å². The lowest BCUT2D eigenvalue weighted by Crippen LogP contribution is -2.58. The molecule has 1 amide bonds. The van der Waals surface area contributed by atoms with E-state index in [0.717, 1.165) is 18.6 Å². The Morgan fingerprint density at radius 1 is 1.10 bits per heavy atom. The summed E-state index contributed by atoms with van der Waals surface area (Å²) in [6.07, 6.45) is -3.28. The summed E-state index contributed by atoms with van der Waals surface area (Å²) in [7, 11) is 0. The van der Waals surface area contributed by atoms with Gasteiger partial charge in [0.2, 0.25) is 5.95 Å². The van der Waals surface area contributed by atoms with E-state index in [9.17, 15) is 32.6 Å². The number of carbonyl (C=O) groups is 1. The number of alkyl halides is 3. The maximum atomic E-state index is 13.5. The molecule has 224 valence electrons. The summed E-state index contributed by atoms with van der Waals surface area (Å²) in [5.74, 6) is -0.457.